The van der Waals surface area contributed by atoms with E-state index in [4.69, 9.17) is 5.73 Å². The molecule has 1 aromatic heterocycles. The second-order valence-corrected chi connectivity index (χ2v) is 5.98. The lowest BCUT2D eigenvalue weighted by molar-refractivity contribution is 0.598. The van der Waals surface area contributed by atoms with Gasteiger partial charge in [0.15, 0.2) is 0 Å². The van der Waals surface area contributed by atoms with E-state index < -0.39 is 0 Å². The van der Waals surface area contributed by atoms with E-state index in [1.54, 1.807) is 0 Å². The molecule has 0 fully saturated rings. The Hall–Kier alpha value is -1.77. The quantitative estimate of drug-likeness (QED) is 0.810. The molecule has 1 aromatic carbocycles. The summed E-state index contributed by atoms with van der Waals surface area (Å²) >= 11 is 0. The fourth-order valence-corrected chi connectivity index (χ4v) is 3.03. The molecule has 0 atom stereocenters. The van der Waals surface area contributed by atoms with E-state index in [2.05, 4.69) is 36.2 Å². The summed E-state index contributed by atoms with van der Waals surface area (Å²) in [6.45, 7) is 4.48. The number of hydrogen-bond acceptors (Lipinski definition) is 2. The van der Waals surface area contributed by atoms with Crippen LogP contribution in [-0.2, 0) is 18.3 Å². The highest BCUT2D eigenvalue weighted by Gasteiger charge is 2.30. The molecule has 0 saturated carbocycles. The fraction of sp³-hybridized carbons (Fsp3) is 0.438. The standard InChI is InChI=1S/C16H21N3/c1-16(2,11-7-9-12(17)10-8-11)15-13-5-3-4-6-14(13)18-19-15/h7-10H,3-6,17H2,1-2H3,(H,18,19). The van der Waals surface area contributed by atoms with Gasteiger partial charge in [-0.1, -0.05) is 26.0 Å². The van der Waals surface area contributed by atoms with Gasteiger partial charge in [-0.2, -0.15) is 5.10 Å². The zero-order valence-electron chi connectivity index (χ0n) is 11.7. The smallest absolute Gasteiger partial charge is 0.0756 e. The van der Waals surface area contributed by atoms with Gasteiger partial charge in [0.1, 0.15) is 0 Å². The molecule has 3 rings (SSSR count). The van der Waals surface area contributed by atoms with Gasteiger partial charge in [0.25, 0.3) is 0 Å². The highest BCUT2D eigenvalue weighted by molar-refractivity contribution is 5.46. The molecular formula is C16H21N3. The Morgan fingerprint density at radius 3 is 2.53 bits per heavy atom. The van der Waals surface area contributed by atoms with Gasteiger partial charge in [0.05, 0.1) is 5.69 Å². The molecule has 1 aliphatic rings. The molecule has 1 heterocycles. The number of nitrogens with two attached hydrogens (primary N) is 1. The first-order chi connectivity index (χ1) is 9.09. The SMILES string of the molecule is CC(C)(c1ccc(N)cc1)c1n[nH]c2c1CCCC2. The van der Waals surface area contributed by atoms with Crippen molar-refractivity contribution in [2.24, 2.45) is 0 Å². The van der Waals surface area contributed by atoms with E-state index in [1.807, 2.05) is 12.1 Å². The molecule has 19 heavy (non-hydrogen) atoms. The Kier molecular flexibility index (Phi) is 2.85. The molecule has 1 aliphatic carbocycles. The van der Waals surface area contributed by atoms with Crippen LogP contribution in [0.5, 0.6) is 0 Å². The Morgan fingerprint density at radius 1 is 1.11 bits per heavy atom. The van der Waals surface area contributed by atoms with Crippen LogP contribution >= 0.6 is 0 Å². The molecule has 0 bridgehead atoms. The molecular weight excluding hydrogens is 234 g/mol. The van der Waals surface area contributed by atoms with Crippen molar-refractivity contribution >= 4 is 5.69 Å². The van der Waals surface area contributed by atoms with E-state index >= 15 is 0 Å². The number of nitrogens with one attached hydrogen (secondary N) is 1. The third-order valence-corrected chi connectivity index (χ3v) is 4.28. The number of anilines is 1. The average molecular weight is 255 g/mol. The monoisotopic (exact) mass is 255 g/mol. The van der Waals surface area contributed by atoms with Gasteiger partial charge in [-0.25, -0.2) is 0 Å². The van der Waals surface area contributed by atoms with E-state index in [0.29, 0.717) is 0 Å². The first-order valence-corrected chi connectivity index (χ1v) is 7.01. The number of benzene rings is 1. The van der Waals surface area contributed by atoms with Crippen molar-refractivity contribution in [3.8, 4) is 0 Å². The van der Waals surface area contributed by atoms with Gasteiger partial charge in [-0.05, 0) is 48.9 Å². The zero-order valence-corrected chi connectivity index (χ0v) is 11.7. The fourth-order valence-electron chi connectivity index (χ4n) is 3.03. The van der Waals surface area contributed by atoms with Crippen molar-refractivity contribution in [1.29, 1.82) is 0 Å². The molecule has 100 valence electrons. The maximum atomic E-state index is 5.78. The summed E-state index contributed by atoms with van der Waals surface area (Å²) in [5.74, 6) is 0. The number of fused-ring (bicyclic) bond motifs is 1. The topological polar surface area (TPSA) is 54.7 Å². The second kappa shape index (κ2) is 4.41. The summed E-state index contributed by atoms with van der Waals surface area (Å²) < 4.78 is 0. The number of aromatic amines is 1. The molecule has 0 amide bonds. The minimum atomic E-state index is -0.0743. The van der Waals surface area contributed by atoms with Gasteiger partial charge in [-0.15, -0.1) is 0 Å². The van der Waals surface area contributed by atoms with Crippen molar-refractivity contribution in [2.75, 3.05) is 5.73 Å². The zero-order chi connectivity index (χ0) is 13.5. The van der Waals surface area contributed by atoms with Crippen LogP contribution < -0.4 is 5.73 Å². The number of hydrogen-bond donors (Lipinski definition) is 2. The maximum Gasteiger partial charge on any atom is 0.0756 e. The molecule has 0 spiro atoms. The Balaban J connectivity index is 2.04. The van der Waals surface area contributed by atoms with E-state index in [9.17, 15) is 0 Å². The van der Waals surface area contributed by atoms with Crippen LogP contribution in [0.15, 0.2) is 24.3 Å². The molecule has 3 N–H and O–H groups in total. The number of H-pyrrole nitrogens is 1. The lowest BCUT2D eigenvalue weighted by Crippen LogP contribution is -2.22. The van der Waals surface area contributed by atoms with Crippen LogP contribution in [0.2, 0.25) is 0 Å². The Bertz CT molecular complexity index is 579. The van der Waals surface area contributed by atoms with Gasteiger partial charge >= 0.3 is 0 Å². The van der Waals surface area contributed by atoms with Crippen molar-refractivity contribution in [1.82, 2.24) is 10.2 Å². The van der Waals surface area contributed by atoms with Gasteiger partial charge in [0.2, 0.25) is 0 Å². The van der Waals surface area contributed by atoms with E-state index in [0.717, 1.165) is 18.5 Å². The third kappa shape index (κ3) is 2.03. The predicted octanol–water partition coefficient (Wildman–Crippen LogP) is 3.20. The van der Waals surface area contributed by atoms with Crippen LogP contribution in [0, 0.1) is 0 Å². The van der Waals surface area contributed by atoms with Crippen LogP contribution in [0.25, 0.3) is 0 Å². The van der Waals surface area contributed by atoms with Crippen molar-refractivity contribution in [3.05, 3.63) is 46.8 Å². The van der Waals surface area contributed by atoms with Gasteiger partial charge in [-0.3, -0.25) is 5.10 Å². The third-order valence-electron chi connectivity index (χ3n) is 4.28. The molecule has 0 saturated heterocycles. The number of aryl methyl sites for hydroxylation is 1. The summed E-state index contributed by atoms with van der Waals surface area (Å²) in [7, 11) is 0. The number of rotatable bonds is 2. The summed E-state index contributed by atoms with van der Waals surface area (Å²) in [6.07, 6.45) is 4.84. The van der Waals surface area contributed by atoms with Gasteiger partial charge in [0, 0.05) is 16.8 Å². The summed E-state index contributed by atoms with van der Waals surface area (Å²) in [5, 5.41) is 7.85. The lowest BCUT2D eigenvalue weighted by atomic mass is 9.78. The van der Waals surface area contributed by atoms with Crippen LogP contribution in [0.3, 0.4) is 0 Å². The van der Waals surface area contributed by atoms with Crippen molar-refractivity contribution in [2.45, 2.75) is 44.9 Å². The lowest BCUT2D eigenvalue weighted by Gasteiger charge is -2.26. The molecule has 3 nitrogen and oxygen atoms in total. The highest BCUT2D eigenvalue weighted by atomic mass is 15.1. The first-order valence-electron chi connectivity index (χ1n) is 7.01. The minimum absolute atomic E-state index is 0.0743. The summed E-state index contributed by atoms with van der Waals surface area (Å²) in [6, 6.07) is 8.16. The van der Waals surface area contributed by atoms with E-state index in [-0.39, 0.29) is 5.41 Å². The highest BCUT2D eigenvalue weighted by Crippen LogP contribution is 2.35. The van der Waals surface area contributed by atoms with Gasteiger partial charge < -0.3 is 5.73 Å². The molecule has 0 radical (unpaired) electrons. The summed E-state index contributed by atoms with van der Waals surface area (Å²) in [5.41, 5.74) is 11.8. The van der Waals surface area contributed by atoms with E-state index in [1.165, 1.54) is 35.4 Å². The number of aromatic nitrogens is 2. The molecule has 0 aliphatic heterocycles. The molecule has 2 aromatic rings. The second-order valence-electron chi connectivity index (χ2n) is 5.98. The number of nitrogen functional groups attached to an aromatic ring is 1. The molecule has 0 unspecified atom stereocenters. The Labute approximate surface area is 114 Å². The maximum absolute atomic E-state index is 5.78. The predicted molar refractivity (Wildman–Crippen MR) is 78.2 cm³/mol. The van der Waals surface area contributed by atoms with Crippen molar-refractivity contribution in [3.63, 3.8) is 0 Å². The Morgan fingerprint density at radius 2 is 1.79 bits per heavy atom. The summed E-state index contributed by atoms with van der Waals surface area (Å²) in [4.78, 5) is 0. The van der Waals surface area contributed by atoms with Crippen molar-refractivity contribution < 1.29 is 0 Å². The minimum Gasteiger partial charge on any atom is -0.399 e. The van der Waals surface area contributed by atoms with Crippen LogP contribution in [-0.4, -0.2) is 10.2 Å². The number of nitrogens with zero attached hydrogens (tertiary/aromatic N) is 1. The first kappa shape index (κ1) is 12.3. The van der Waals surface area contributed by atoms with Crippen LogP contribution in [0.4, 0.5) is 5.69 Å². The largest absolute Gasteiger partial charge is 0.399 e. The van der Waals surface area contributed by atoms with Crippen LogP contribution in [0.1, 0.15) is 49.2 Å². The molecule has 3 heteroatoms. The normalized spacial score (nSPS) is 15.3. The average Bonchev–Trinajstić information content (AvgIpc) is 2.83.